The summed E-state index contributed by atoms with van der Waals surface area (Å²) in [7, 11) is 7.47. The molecule has 1 N–H and O–H groups in total. The molecule has 0 aliphatic rings. The Morgan fingerprint density at radius 3 is 2.63 bits per heavy atom. The van der Waals surface area contributed by atoms with Crippen LogP contribution in [0.3, 0.4) is 0 Å². The van der Waals surface area contributed by atoms with Gasteiger partial charge in [0.1, 0.15) is 0 Å². The highest BCUT2D eigenvalue weighted by atomic mass is 35.5. The smallest absolute Gasteiger partial charge is 0.261 e. The summed E-state index contributed by atoms with van der Waals surface area (Å²) in [6.07, 6.45) is 0. The van der Waals surface area contributed by atoms with Crippen molar-refractivity contribution < 1.29 is 4.79 Å². The molecule has 0 fully saturated rings. The molecule has 11 heteroatoms. The lowest BCUT2D eigenvalue weighted by atomic mass is 10.3. The Kier molecular flexibility index (Phi) is 5.66. The van der Waals surface area contributed by atoms with Gasteiger partial charge in [-0.1, -0.05) is 29.4 Å². The molecule has 0 atom stereocenters. The lowest BCUT2D eigenvalue weighted by Crippen LogP contribution is -2.20. The van der Waals surface area contributed by atoms with Gasteiger partial charge >= 0.3 is 0 Å². The van der Waals surface area contributed by atoms with Crippen molar-refractivity contribution in [2.75, 3.05) is 49.1 Å². The van der Waals surface area contributed by atoms with Crippen LogP contribution in [0.2, 0.25) is 5.02 Å². The van der Waals surface area contributed by atoms with E-state index >= 15 is 0 Å². The van der Waals surface area contributed by atoms with Gasteiger partial charge in [-0.15, -0.1) is 10.2 Å². The summed E-state index contributed by atoms with van der Waals surface area (Å²) in [5.41, 5.74) is 0.646. The largest absolute Gasteiger partial charge is 0.348 e. The predicted octanol–water partition coefficient (Wildman–Crippen LogP) is 2.04. The first-order chi connectivity index (χ1) is 12.8. The summed E-state index contributed by atoms with van der Waals surface area (Å²) >= 11 is 7.19. The quantitative estimate of drug-likeness (QED) is 0.622. The Morgan fingerprint density at radius 2 is 1.96 bits per heavy atom. The zero-order valence-corrected chi connectivity index (χ0v) is 16.9. The first kappa shape index (κ1) is 19.2. The van der Waals surface area contributed by atoms with Crippen LogP contribution in [-0.2, 0) is 4.79 Å². The van der Waals surface area contributed by atoms with Crippen LogP contribution < -0.4 is 15.1 Å². The highest BCUT2D eigenvalue weighted by Gasteiger charge is 2.18. The fraction of sp³-hybridized carbons (Fsp3) is 0.312. The summed E-state index contributed by atoms with van der Waals surface area (Å²) in [6.45, 7) is 0. The molecule has 1 aromatic carbocycles. The van der Waals surface area contributed by atoms with Gasteiger partial charge in [0.25, 0.3) is 5.78 Å². The third-order valence-corrected chi connectivity index (χ3v) is 4.62. The topological polar surface area (TPSA) is 91.6 Å². The molecule has 3 rings (SSSR count). The number of benzene rings is 1. The van der Waals surface area contributed by atoms with Gasteiger partial charge in [-0.3, -0.25) is 4.79 Å². The first-order valence-corrected chi connectivity index (χ1v) is 9.37. The van der Waals surface area contributed by atoms with E-state index in [2.05, 4.69) is 25.5 Å². The standard InChI is InChI=1S/C16H19ClN8OS/c1-23(2)13-19-14-21-22-16(25(14)15(20-13)24(3)4)27-9-12(26)18-11-7-5-6-10(17)8-11/h5-8H,9H2,1-4H3,(H,18,26). The molecule has 0 unspecified atom stereocenters. The van der Waals surface area contributed by atoms with Crippen LogP contribution in [0.1, 0.15) is 0 Å². The Bertz CT molecular complexity index is 974. The van der Waals surface area contributed by atoms with Crippen molar-refractivity contribution >= 4 is 52.6 Å². The molecule has 27 heavy (non-hydrogen) atoms. The SMILES string of the molecule is CN(C)c1nc(N(C)C)n2c(SCC(=O)Nc3cccc(Cl)c3)nnc2n1. The van der Waals surface area contributed by atoms with Crippen molar-refractivity contribution in [3.05, 3.63) is 29.3 Å². The van der Waals surface area contributed by atoms with Gasteiger partial charge in [0.15, 0.2) is 5.16 Å². The van der Waals surface area contributed by atoms with Crippen LogP contribution in [0, 0.1) is 0 Å². The number of anilines is 3. The zero-order valence-electron chi connectivity index (χ0n) is 15.3. The minimum absolute atomic E-state index is 0.162. The van der Waals surface area contributed by atoms with Crippen LogP contribution in [0.25, 0.3) is 5.78 Å². The third kappa shape index (κ3) is 4.40. The minimum atomic E-state index is -0.170. The van der Waals surface area contributed by atoms with Gasteiger partial charge in [-0.05, 0) is 18.2 Å². The number of amides is 1. The number of fused-ring (bicyclic) bond motifs is 1. The van der Waals surface area contributed by atoms with Crippen molar-refractivity contribution in [1.82, 2.24) is 24.6 Å². The highest BCUT2D eigenvalue weighted by molar-refractivity contribution is 7.99. The number of rotatable bonds is 6. The summed E-state index contributed by atoms with van der Waals surface area (Å²) in [6, 6.07) is 7.00. The Labute approximate surface area is 165 Å². The maximum atomic E-state index is 12.2. The van der Waals surface area contributed by atoms with Crippen LogP contribution in [0.4, 0.5) is 17.6 Å². The van der Waals surface area contributed by atoms with Crippen molar-refractivity contribution in [1.29, 1.82) is 0 Å². The Morgan fingerprint density at radius 1 is 1.19 bits per heavy atom. The van der Waals surface area contributed by atoms with Crippen molar-refractivity contribution in [2.45, 2.75) is 5.16 Å². The highest BCUT2D eigenvalue weighted by Crippen LogP contribution is 2.23. The van der Waals surface area contributed by atoms with Crippen molar-refractivity contribution in [3.63, 3.8) is 0 Å². The van der Waals surface area contributed by atoms with E-state index in [0.29, 0.717) is 33.5 Å². The molecule has 3 aromatic rings. The summed E-state index contributed by atoms with van der Waals surface area (Å²) in [5, 5.41) is 12.2. The number of hydrogen-bond donors (Lipinski definition) is 1. The molecular weight excluding hydrogens is 388 g/mol. The Hall–Kier alpha value is -2.59. The number of nitrogens with zero attached hydrogens (tertiary/aromatic N) is 7. The second kappa shape index (κ2) is 7.97. The second-order valence-corrected chi connectivity index (χ2v) is 7.46. The average molecular weight is 407 g/mol. The van der Waals surface area contributed by atoms with Crippen molar-refractivity contribution in [3.8, 4) is 0 Å². The lowest BCUT2D eigenvalue weighted by Gasteiger charge is -2.17. The van der Waals surface area contributed by atoms with Gasteiger partial charge in [-0.25, -0.2) is 4.40 Å². The molecule has 0 saturated heterocycles. The van der Waals surface area contributed by atoms with Gasteiger partial charge in [-0.2, -0.15) is 9.97 Å². The van der Waals surface area contributed by atoms with E-state index in [1.165, 1.54) is 11.8 Å². The number of carbonyl (C=O) groups excluding carboxylic acids is 1. The Balaban J connectivity index is 1.80. The normalized spacial score (nSPS) is 10.9. The predicted molar refractivity (Wildman–Crippen MR) is 108 cm³/mol. The molecule has 1 amide bonds. The molecular formula is C16H19ClN8OS. The number of thioether (sulfide) groups is 1. The van der Waals surface area contributed by atoms with Crippen LogP contribution in [-0.4, -0.2) is 64.4 Å². The third-order valence-electron chi connectivity index (χ3n) is 3.46. The molecule has 0 spiro atoms. The first-order valence-electron chi connectivity index (χ1n) is 8.01. The van der Waals surface area contributed by atoms with E-state index in [1.807, 2.05) is 33.1 Å². The van der Waals surface area contributed by atoms with E-state index in [0.717, 1.165) is 0 Å². The average Bonchev–Trinajstić information content (AvgIpc) is 3.02. The molecule has 9 nitrogen and oxygen atoms in total. The number of hydrogen-bond acceptors (Lipinski definition) is 8. The zero-order chi connectivity index (χ0) is 19.6. The van der Waals surface area contributed by atoms with Crippen LogP contribution in [0.5, 0.6) is 0 Å². The van der Waals surface area contributed by atoms with Gasteiger partial charge in [0.05, 0.1) is 5.75 Å². The molecule has 2 heterocycles. The monoisotopic (exact) mass is 406 g/mol. The fourth-order valence-electron chi connectivity index (χ4n) is 2.25. The summed E-state index contributed by atoms with van der Waals surface area (Å²) in [4.78, 5) is 24.8. The maximum Gasteiger partial charge on any atom is 0.261 e. The molecule has 0 aliphatic carbocycles. The van der Waals surface area contributed by atoms with Gasteiger partial charge < -0.3 is 15.1 Å². The van der Waals surface area contributed by atoms with Gasteiger partial charge in [0, 0.05) is 38.9 Å². The molecule has 0 aliphatic heterocycles. The molecule has 0 saturated carbocycles. The molecule has 0 bridgehead atoms. The molecule has 0 radical (unpaired) electrons. The van der Waals surface area contributed by atoms with E-state index in [-0.39, 0.29) is 11.7 Å². The number of nitrogens with one attached hydrogen (secondary N) is 1. The van der Waals surface area contributed by atoms with Crippen LogP contribution >= 0.6 is 23.4 Å². The number of halogens is 1. The minimum Gasteiger partial charge on any atom is -0.348 e. The van der Waals surface area contributed by atoms with Gasteiger partial charge in [0.2, 0.25) is 17.8 Å². The van der Waals surface area contributed by atoms with E-state index in [9.17, 15) is 4.79 Å². The van der Waals surface area contributed by atoms with E-state index < -0.39 is 0 Å². The van der Waals surface area contributed by atoms with Crippen LogP contribution in [0.15, 0.2) is 29.4 Å². The maximum absolute atomic E-state index is 12.2. The number of carbonyl (C=O) groups is 1. The number of aromatic nitrogens is 5. The van der Waals surface area contributed by atoms with E-state index in [1.54, 1.807) is 33.6 Å². The molecule has 142 valence electrons. The fourth-order valence-corrected chi connectivity index (χ4v) is 3.16. The second-order valence-electron chi connectivity index (χ2n) is 6.08. The van der Waals surface area contributed by atoms with E-state index in [4.69, 9.17) is 11.6 Å². The molecule has 2 aromatic heterocycles. The van der Waals surface area contributed by atoms with Crippen molar-refractivity contribution in [2.24, 2.45) is 0 Å². The summed E-state index contributed by atoms with van der Waals surface area (Å²) < 4.78 is 1.73. The summed E-state index contributed by atoms with van der Waals surface area (Å²) in [5.74, 6) is 1.59. The lowest BCUT2D eigenvalue weighted by molar-refractivity contribution is -0.113.